The van der Waals surface area contributed by atoms with Crippen molar-refractivity contribution in [3.05, 3.63) is 41.8 Å². The highest BCUT2D eigenvalue weighted by Crippen LogP contribution is 2.18. The molecule has 0 saturated carbocycles. The van der Waals surface area contributed by atoms with Crippen LogP contribution >= 0.6 is 0 Å². The molecule has 0 aliphatic carbocycles. The highest BCUT2D eigenvalue weighted by atomic mass is 19.1. The molecule has 0 radical (unpaired) electrons. The zero-order valence-electron chi connectivity index (χ0n) is 11.1. The number of carbonyl (C=O) groups excluding carboxylic acids is 1. The van der Waals surface area contributed by atoms with Crippen LogP contribution in [0.2, 0.25) is 0 Å². The van der Waals surface area contributed by atoms with E-state index in [4.69, 9.17) is 5.11 Å². The maximum atomic E-state index is 12.8. The van der Waals surface area contributed by atoms with Gasteiger partial charge in [0.25, 0.3) is 5.91 Å². The summed E-state index contributed by atoms with van der Waals surface area (Å²) in [4.78, 5) is 11.9. The summed E-state index contributed by atoms with van der Waals surface area (Å²) in [6.45, 7) is 1.83. The van der Waals surface area contributed by atoms with Gasteiger partial charge >= 0.3 is 0 Å². The molecule has 2 aromatic rings. The number of hydrogen-bond donors (Lipinski definition) is 3. The molecule has 0 bridgehead atoms. The van der Waals surface area contributed by atoms with Gasteiger partial charge in [-0.3, -0.25) is 9.89 Å². The van der Waals surface area contributed by atoms with E-state index in [1.165, 1.54) is 12.1 Å². The highest BCUT2D eigenvalue weighted by Gasteiger charge is 2.13. The fourth-order valence-corrected chi connectivity index (χ4v) is 1.77. The number of nitrogens with zero attached hydrogens (tertiary/aromatic N) is 1. The SMILES string of the molecule is CC(CCO)NC(=O)c1cc(-c2ccc(F)cc2)n[nH]1. The van der Waals surface area contributed by atoms with E-state index < -0.39 is 0 Å². The first-order chi connectivity index (χ1) is 9.60. The van der Waals surface area contributed by atoms with Gasteiger partial charge in [0.15, 0.2) is 0 Å². The minimum absolute atomic E-state index is 0.0191. The van der Waals surface area contributed by atoms with Crippen molar-refractivity contribution in [3.8, 4) is 11.3 Å². The number of aliphatic hydroxyl groups excluding tert-OH is 1. The van der Waals surface area contributed by atoms with E-state index in [9.17, 15) is 9.18 Å². The largest absolute Gasteiger partial charge is 0.396 e. The number of halogens is 1. The van der Waals surface area contributed by atoms with E-state index in [0.717, 1.165) is 5.56 Å². The lowest BCUT2D eigenvalue weighted by Gasteiger charge is -2.10. The fourth-order valence-electron chi connectivity index (χ4n) is 1.77. The van der Waals surface area contributed by atoms with E-state index in [2.05, 4.69) is 15.5 Å². The summed E-state index contributed by atoms with van der Waals surface area (Å²) in [5.41, 5.74) is 1.63. The molecule has 1 aromatic carbocycles. The first-order valence-electron chi connectivity index (χ1n) is 6.33. The van der Waals surface area contributed by atoms with Gasteiger partial charge in [0, 0.05) is 18.2 Å². The van der Waals surface area contributed by atoms with Crippen LogP contribution in [-0.2, 0) is 0 Å². The lowest BCUT2D eigenvalue weighted by Crippen LogP contribution is -2.33. The van der Waals surface area contributed by atoms with Crippen molar-refractivity contribution in [2.24, 2.45) is 0 Å². The Labute approximate surface area is 115 Å². The van der Waals surface area contributed by atoms with Gasteiger partial charge in [0.05, 0.1) is 5.69 Å². The lowest BCUT2D eigenvalue weighted by atomic mass is 10.1. The summed E-state index contributed by atoms with van der Waals surface area (Å²) >= 11 is 0. The molecule has 0 fully saturated rings. The van der Waals surface area contributed by atoms with E-state index in [-0.39, 0.29) is 24.4 Å². The number of carbonyl (C=O) groups is 1. The number of H-pyrrole nitrogens is 1. The van der Waals surface area contributed by atoms with Gasteiger partial charge in [-0.15, -0.1) is 0 Å². The van der Waals surface area contributed by atoms with Crippen molar-refractivity contribution in [2.75, 3.05) is 6.61 Å². The van der Waals surface area contributed by atoms with Gasteiger partial charge in [-0.25, -0.2) is 4.39 Å². The Bertz CT molecular complexity index is 580. The third-order valence-corrected chi connectivity index (χ3v) is 2.90. The monoisotopic (exact) mass is 277 g/mol. The van der Waals surface area contributed by atoms with Gasteiger partial charge in [-0.1, -0.05) is 0 Å². The van der Waals surface area contributed by atoms with Crippen molar-refractivity contribution in [2.45, 2.75) is 19.4 Å². The number of aromatic amines is 1. The number of hydrogen-bond acceptors (Lipinski definition) is 3. The van der Waals surface area contributed by atoms with Gasteiger partial charge in [-0.05, 0) is 43.7 Å². The van der Waals surface area contributed by atoms with Crippen molar-refractivity contribution in [1.29, 1.82) is 0 Å². The van der Waals surface area contributed by atoms with E-state index in [1.807, 2.05) is 6.92 Å². The molecule has 0 spiro atoms. The number of benzene rings is 1. The second-order valence-corrected chi connectivity index (χ2v) is 4.56. The van der Waals surface area contributed by atoms with Crippen LogP contribution in [0.15, 0.2) is 30.3 Å². The van der Waals surface area contributed by atoms with E-state index >= 15 is 0 Å². The minimum atomic E-state index is -0.319. The van der Waals surface area contributed by atoms with Crippen LogP contribution in [0.25, 0.3) is 11.3 Å². The molecule has 0 aliphatic rings. The van der Waals surface area contributed by atoms with Gasteiger partial charge < -0.3 is 10.4 Å². The molecule has 2 rings (SSSR count). The Morgan fingerprint density at radius 3 is 2.80 bits per heavy atom. The van der Waals surface area contributed by atoms with Crippen molar-refractivity contribution in [3.63, 3.8) is 0 Å². The Balaban J connectivity index is 2.08. The molecule has 1 aromatic heterocycles. The highest BCUT2D eigenvalue weighted by molar-refractivity contribution is 5.93. The average molecular weight is 277 g/mol. The molecule has 1 amide bonds. The molecule has 20 heavy (non-hydrogen) atoms. The smallest absolute Gasteiger partial charge is 0.269 e. The Kier molecular flexibility index (Phi) is 4.47. The number of nitrogens with one attached hydrogen (secondary N) is 2. The average Bonchev–Trinajstić information content (AvgIpc) is 2.89. The minimum Gasteiger partial charge on any atom is -0.396 e. The first-order valence-corrected chi connectivity index (χ1v) is 6.33. The summed E-state index contributed by atoms with van der Waals surface area (Å²) in [7, 11) is 0. The topological polar surface area (TPSA) is 78.0 Å². The molecule has 1 heterocycles. The molecule has 106 valence electrons. The van der Waals surface area contributed by atoms with Gasteiger partial charge in [-0.2, -0.15) is 5.10 Å². The Hall–Kier alpha value is -2.21. The standard InChI is InChI=1S/C14H16FN3O2/c1-9(6-7-19)16-14(20)13-8-12(17-18-13)10-2-4-11(15)5-3-10/h2-5,8-9,19H,6-7H2,1H3,(H,16,20)(H,17,18). The van der Waals surface area contributed by atoms with Crippen molar-refractivity contribution < 1.29 is 14.3 Å². The molecular formula is C14H16FN3O2. The predicted molar refractivity (Wildman–Crippen MR) is 72.6 cm³/mol. The summed E-state index contributed by atoms with van der Waals surface area (Å²) in [5.74, 6) is -0.605. The number of aromatic nitrogens is 2. The van der Waals surface area contributed by atoms with Gasteiger partial charge in [0.2, 0.25) is 0 Å². The molecular weight excluding hydrogens is 261 g/mol. The Morgan fingerprint density at radius 2 is 2.15 bits per heavy atom. The molecule has 6 heteroatoms. The van der Waals surface area contributed by atoms with E-state index in [0.29, 0.717) is 17.8 Å². The van der Waals surface area contributed by atoms with Crippen molar-refractivity contribution >= 4 is 5.91 Å². The molecule has 0 aliphatic heterocycles. The normalized spacial score (nSPS) is 12.2. The van der Waals surface area contributed by atoms with Gasteiger partial charge in [0.1, 0.15) is 11.5 Å². The second-order valence-electron chi connectivity index (χ2n) is 4.56. The van der Waals surface area contributed by atoms with E-state index in [1.54, 1.807) is 18.2 Å². The van der Waals surface area contributed by atoms with Crippen molar-refractivity contribution in [1.82, 2.24) is 15.5 Å². The number of amides is 1. The Morgan fingerprint density at radius 1 is 1.45 bits per heavy atom. The third kappa shape index (κ3) is 3.42. The maximum absolute atomic E-state index is 12.8. The van der Waals surface area contributed by atoms with Crippen LogP contribution < -0.4 is 5.32 Å². The lowest BCUT2D eigenvalue weighted by molar-refractivity contribution is 0.0929. The quantitative estimate of drug-likeness (QED) is 0.778. The summed E-state index contributed by atoms with van der Waals surface area (Å²) in [6.07, 6.45) is 0.491. The predicted octanol–water partition coefficient (Wildman–Crippen LogP) is 1.72. The molecule has 3 N–H and O–H groups in total. The summed E-state index contributed by atoms with van der Waals surface area (Å²) in [6, 6.07) is 7.36. The molecule has 1 atom stereocenters. The molecule has 0 saturated heterocycles. The first kappa shape index (κ1) is 14.2. The number of aliphatic hydroxyl groups is 1. The van der Waals surface area contributed by atoms with Crippen LogP contribution in [-0.4, -0.2) is 33.9 Å². The molecule has 5 nitrogen and oxygen atoms in total. The zero-order chi connectivity index (χ0) is 14.5. The van der Waals surface area contributed by atoms with Crippen LogP contribution in [0.3, 0.4) is 0 Å². The third-order valence-electron chi connectivity index (χ3n) is 2.90. The summed E-state index contributed by atoms with van der Waals surface area (Å²) < 4.78 is 12.8. The number of rotatable bonds is 5. The second kappa shape index (κ2) is 6.29. The van der Waals surface area contributed by atoms with Crippen LogP contribution in [0.1, 0.15) is 23.8 Å². The van der Waals surface area contributed by atoms with Crippen LogP contribution in [0.4, 0.5) is 4.39 Å². The van der Waals surface area contributed by atoms with Crippen LogP contribution in [0.5, 0.6) is 0 Å². The zero-order valence-corrected chi connectivity index (χ0v) is 11.1. The van der Waals surface area contributed by atoms with Crippen LogP contribution in [0, 0.1) is 5.82 Å². The molecule has 1 unspecified atom stereocenters. The fraction of sp³-hybridized carbons (Fsp3) is 0.286. The maximum Gasteiger partial charge on any atom is 0.269 e. The summed E-state index contributed by atoms with van der Waals surface area (Å²) in [5, 5.41) is 18.2.